The number of carbonyl (C=O) groups excluding carboxylic acids is 1. The largest absolute Gasteiger partial charge is 0.390 e. The Morgan fingerprint density at radius 2 is 1.84 bits per heavy atom. The van der Waals surface area contributed by atoms with Crippen LogP contribution in [0.1, 0.15) is 43.0 Å². The minimum absolute atomic E-state index is 0.0547. The molecule has 4 heteroatoms. The van der Waals surface area contributed by atoms with Crippen LogP contribution in [-0.2, 0) is 0 Å². The molecule has 0 aromatic heterocycles. The van der Waals surface area contributed by atoms with Crippen LogP contribution in [0.15, 0.2) is 28.7 Å². The third kappa shape index (κ3) is 3.57. The Hall–Kier alpha value is -0.870. The first-order valence-electron chi connectivity index (χ1n) is 6.64. The van der Waals surface area contributed by atoms with Crippen molar-refractivity contribution in [3.8, 4) is 0 Å². The fourth-order valence-corrected chi connectivity index (χ4v) is 2.84. The van der Waals surface area contributed by atoms with Gasteiger partial charge in [0.1, 0.15) is 0 Å². The summed E-state index contributed by atoms with van der Waals surface area (Å²) in [5, 5.41) is 9.95. The maximum Gasteiger partial charge on any atom is 0.253 e. The molecule has 0 bridgehead atoms. The van der Waals surface area contributed by atoms with E-state index in [4.69, 9.17) is 0 Å². The van der Waals surface area contributed by atoms with Crippen molar-refractivity contribution in [3.05, 3.63) is 34.3 Å². The highest BCUT2D eigenvalue weighted by Gasteiger charge is 2.32. The number of rotatable bonds is 2. The summed E-state index contributed by atoms with van der Waals surface area (Å²) in [7, 11) is 1.86. The van der Waals surface area contributed by atoms with Gasteiger partial charge in [-0.3, -0.25) is 4.79 Å². The third-order valence-corrected chi connectivity index (χ3v) is 4.52. The molecule has 1 aromatic carbocycles. The normalized spacial score (nSPS) is 27.1. The molecule has 0 unspecified atom stereocenters. The molecular formula is C15H20BrNO2. The molecule has 0 atom stereocenters. The van der Waals surface area contributed by atoms with E-state index in [9.17, 15) is 9.90 Å². The first-order chi connectivity index (χ1) is 8.89. The second kappa shape index (κ2) is 5.63. The number of nitrogens with zero attached hydrogens (tertiary/aromatic N) is 1. The lowest BCUT2D eigenvalue weighted by Crippen LogP contribution is -2.43. The maximum atomic E-state index is 12.4. The zero-order valence-corrected chi connectivity index (χ0v) is 13.0. The molecule has 1 aliphatic rings. The van der Waals surface area contributed by atoms with E-state index in [1.165, 1.54) is 0 Å². The minimum Gasteiger partial charge on any atom is -0.390 e. The average Bonchev–Trinajstić information content (AvgIpc) is 2.38. The van der Waals surface area contributed by atoms with Gasteiger partial charge in [0.15, 0.2) is 0 Å². The number of carbonyl (C=O) groups is 1. The molecule has 1 aromatic rings. The molecule has 1 N–H and O–H groups in total. The van der Waals surface area contributed by atoms with Crippen molar-refractivity contribution in [3.63, 3.8) is 0 Å². The number of benzene rings is 1. The maximum absolute atomic E-state index is 12.4. The van der Waals surface area contributed by atoms with Gasteiger partial charge in [-0.1, -0.05) is 15.9 Å². The molecular weight excluding hydrogens is 306 g/mol. The first-order valence-corrected chi connectivity index (χ1v) is 7.43. The summed E-state index contributed by atoms with van der Waals surface area (Å²) in [6, 6.07) is 7.67. The van der Waals surface area contributed by atoms with Gasteiger partial charge in [-0.25, -0.2) is 0 Å². The highest BCUT2D eigenvalue weighted by atomic mass is 79.9. The fraction of sp³-hybridized carbons (Fsp3) is 0.533. The number of amides is 1. The Morgan fingerprint density at radius 1 is 1.32 bits per heavy atom. The van der Waals surface area contributed by atoms with E-state index >= 15 is 0 Å². The average molecular weight is 326 g/mol. The monoisotopic (exact) mass is 325 g/mol. The topological polar surface area (TPSA) is 40.5 Å². The molecule has 0 aliphatic heterocycles. The van der Waals surface area contributed by atoms with E-state index in [1.54, 1.807) is 0 Å². The van der Waals surface area contributed by atoms with E-state index in [2.05, 4.69) is 15.9 Å². The van der Waals surface area contributed by atoms with Crippen LogP contribution in [0.4, 0.5) is 0 Å². The number of hydrogen-bond acceptors (Lipinski definition) is 2. The molecule has 0 heterocycles. The standard InChI is InChI=1S/C15H20BrNO2/c1-15(19)9-7-13(8-10-15)17(2)14(18)11-3-5-12(16)6-4-11/h3-6,13,19H,7-10H2,1-2H3. The molecule has 0 radical (unpaired) electrons. The summed E-state index contributed by atoms with van der Waals surface area (Å²) in [5.41, 5.74) is 0.154. The lowest BCUT2D eigenvalue weighted by atomic mass is 9.83. The van der Waals surface area contributed by atoms with Crippen LogP contribution in [0.25, 0.3) is 0 Å². The minimum atomic E-state index is -0.558. The van der Waals surface area contributed by atoms with E-state index in [0.717, 1.165) is 30.2 Å². The second-order valence-corrected chi connectivity index (χ2v) is 6.57. The van der Waals surface area contributed by atoms with Gasteiger partial charge < -0.3 is 10.0 Å². The molecule has 1 aliphatic carbocycles. The quantitative estimate of drug-likeness (QED) is 0.907. The van der Waals surface area contributed by atoms with Gasteiger partial charge in [0.25, 0.3) is 5.91 Å². The Labute approximate surface area is 122 Å². The van der Waals surface area contributed by atoms with Crippen molar-refractivity contribution in [2.75, 3.05) is 7.05 Å². The van der Waals surface area contributed by atoms with Crippen LogP contribution in [-0.4, -0.2) is 34.6 Å². The van der Waals surface area contributed by atoms with Crippen LogP contribution >= 0.6 is 15.9 Å². The summed E-state index contributed by atoms with van der Waals surface area (Å²) in [5.74, 6) is 0.0547. The Morgan fingerprint density at radius 3 is 2.37 bits per heavy atom. The van der Waals surface area contributed by atoms with Crippen LogP contribution in [0.2, 0.25) is 0 Å². The zero-order valence-electron chi connectivity index (χ0n) is 11.4. The van der Waals surface area contributed by atoms with Gasteiger partial charge >= 0.3 is 0 Å². The Kier molecular flexibility index (Phi) is 4.31. The van der Waals surface area contributed by atoms with Gasteiger partial charge in [-0.2, -0.15) is 0 Å². The molecule has 3 nitrogen and oxygen atoms in total. The van der Waals surface area contributed by atoms with Gasteiger partial charge in [-0.05, 0) is 56.9 Å². The fourth-order valence-electron chi connectivity index (χ4n) is 2.57. The molecule has 1 saturated carbocycles. The molecule has 2 rings (SSSR count). The van der Waals surface area contributed by atoms with E-state index in [1.807, 2.05) is 43.1 Å². The van der Waals surface area contributed by atoms with Gasteiger partial charge in [0.05, 0.1) is 5.60 Å². The van der Waals surface area contributed by atoms with Gasteiger partial charge in [0, 0.05) is 23.1 Å². The van der Waals surface area contributed by atoms with E-state index in [0.29, 0.717) is 5.56 Å². The predicted octanol–water partition coefficient (Wildman–Crippen LogP) is 3.21. The zero-order chi connectivity index (χ0) is 14.0. The number of aliphatic hydroxyl groups is 1. The molecule has 19 heavy (non-hydrogen) atoms. The van der Waals surface area contributed by atoms with Crippen LogP contribution < -0.4 is 0 Å². The molecule has 104 valence electrons. The third-order valence-electron chi connectivity index (χ3n) is 3.99. The molecule has 1 amide bonds. The molecule has 0 spiro atoms. The molecule has 0 saturated heterocycles. The number of hydrogen-bond donors (Lipinski definition) is 1. The summed E-state index contributed by atoms with van der Waals surface area (Å²) in [6.45, 7) is 1.87. The van der Waals surface area contributed by atoms with Crippen molar-refractivity contribution in [2.24, 2.45) is 0 Å². The second-order valence-electron chi connectivity index (χ2n) is 5.65. The number of halogens is 1. The van der Waals surface area contributed by atoms with Crippen LogP contribution in [0, 0.1) is 0 Å². The van der Waals surface area contributed by atoms with Crippen molar-refractivity contribution < 1.29 is 9.90 Å². The first kappa shape index (κ1) is 14.5. The SMILES string of the molecule is CN(C(=O)c1ccc(Br)cc1)C1CCC(C)(O)CC1. The summed E-state index contributed by atoms with van der Waals surface area (Å²) < 4.78 is 0.973. The van der Waals surface area contributed by atoms with E-state index in [-0.39, 0.29) is 11.9 Å². The lowest BCUT2D eigenvalue weighted by molar-refractivity contribution is -0.000211. The van der Waals surface area contributed by atoms with Crippen molar-refractivity contribution in [1.82, 2.24) is 4.90 Å². The smallest absolute Gasteiger partial charge is 0.253 e. The van der Waals surface area contributed by atoms with E-state index < -0.39 is 5.60 Å². The summed E-state index contributed by atoms with van der Waals surface area (Å²) >= 11 is 3.37. The highest BCUT2D eigenvalue weighted by molar-refractivity contribution is 9.10. The Bertz CT molecular complexity index is 446. The highest BCUT2D eigenvalue weighted by Crippen LogP contribution is 2.30. The van der Waals surface area contributed by atoms with Crippen LogP contribution in [0.5, 0.6) is 0 Å². The van der Waals surface area contributed by atoms with Gasteiger partial charge in [-0.15, -0.1) is 0 Å². The van der Waals surface area contributed by atoms with Crippen molar-refractivity contribution >= 4 is 21.8 Å². The van der Waals surface area contributed by atoms with Gasteiger partial charge in [0.2, 0.25) is 0 Å². The molecule has 1 fully saturated rings. The summed E-state index contributed by atoms with van der Waals surface area (Å²) in [6.07, 6.45) is 3.25. The lowest BCUT2D eigenvalue weighted by Gasteiger charge is -2.37. The van der Waals surface area contributed by atoms with Crippen LogP contribution in [0.3, 0.4) is 0 Å². The van der Waals surface area contributed by atoms with Crippen molar-refractivity contribution in [1.29, 1.82) is 0 Å². The predicted molar refractivity (Wildman–Crippen MR) is 79.1 cm³/mol. The Balaban J connectivity index is 2.02. The van der Waals surface area contributed by atoms with Crippen molar-refractivity contribution in [2.45, 2.75) is 44.2 Å². The summed E-state index contributed by atoms with van der Waals surface area (Å²) in [4.78, 5) is 14.2.